The van der Waals surface area contributed by atoms with Crippen LogP contribution in [0.2, 0.25) is 5.02 Å². The molecule has 6 heteroatoms. The molecule has 0 fully saturated rings. The molecule has 0 aliphatic carbocycles. The Morgan fingerprint density at radius 1 is 1.22 bits per heavy atom. The summed E-state index contributed by atoms with van der Waals surface area (Å²) in [6, 6.07) is 5.93. The number of nitrogens with one attached hydrogen (secondary N) is 1. The van der Waals surface area contributed by atoms with Gasteiger partial charge >= 0.3 is 0 Å². The maximum absolute atomic E-state index is 12.1. The van der Waals surface area contributed by atoms with Crippen molar-refractivity contribution in [2.24, 2.45) is 5.92 Å². The van der Waals surface area contributed by atoms with Crippen LogP contribution in [-0.4, -0.2) is 20.3 Å². The normalized spacial score (nSPS) is 13.8. The molecule has 0 saturated heterocycles. The molecule has 0 amide bonds. The Balaban J connectivity index is 2.89. The minimum Gasteiger partial charge on any atom is -0.208 e. The summed E-state index contributed by atoms with van der Waals surface area (Å²) in [7, 11) is -3.51. The highest BCUT2D eigenvalue weighted by Gasteiger charge is 2.21. The Hall–Kier alpha value is -0.290. The van der Waals surface area contributed by atoms with Crippen molar-refractivity contribution in [1.29, 1.82) is 0 Å². The number of benzene rings is 1. The van der Waals surface area contributed by atoms with Crippen LogP contribution in [0.1, 0.15) is 20.3 Å². The van der Waals surface area contributed by atoms with Gasteiger partial charge in [-0.15, -0.1) is 11.6 Å². The van der Waals surface area contributed by atoms with Gasteiger partial charge in [0.05, 0.1) is 4.90 Å². The number of halogens is 2. The third kappa shape index (κ3) is 4.43. The lowest BCUT2D eigenvalue weighted by Gasteiger charge is -2.21. The largest absolute Gasteiger partial charge is 0.240 e. The second-order valence-electron chi connectivity index (χ2n) is 4.40. The summed E-state index contributed by atoms with van der Waals surface area (Å²) in [6.45, 7) is 3.92. The average Bonchev–Trinajstić information content (AvgIpc) is 2.28. The van der Waals surface area contributed by atoms with Gasteiger partial charge in [0.1, 0.15) is 0 Å². The molecule has 1 aromatic rings. The van der Waals surface area contributed by atoms with Gasteiger partial charge in [0.2, 0.25) is 10.0 Å². The molecular weight excluding hydrogens is 293 g/mol. The van der Waals surface area contributed by atoms with E-state index in [1.54, 1.807) is 12.1 Å². The zero-order chi connectivity index (χ0) is 13.8. The quantitative estimate of drug-likeness (QED) is 0.820. The van der Waals surface area contributed by atoms with E-state index in [-0.39, 0.29) is 16.9 Å². The van der Waals surface area contributed by atoms with Crippen LogP contribution in [0.3, 0.4) is 0 Å². The average molecular weight is 310 g/mol. The van der Waals surface area contributed by atoms with Gasteiger partial charge in [-0.25, -0.2) is 13.1 Å². The van der Waals surface area contributed by atoms with E-state index >= 15 is 0 Å². The number of alkyl halides is 1. The van der Waals surface area contributed by atoms with Crippen molar-refractivity contribution >= 4 is 33.2 Å². The highest BCUT2D eigenvalue weighted by molar-refractivity contribution is 7.89. The Morgan fingerprint density at radius 3 is 2.22 bits per heavy atom. The Kier molecular flexibility index (Phi) is 5.92. The summed E-state index contributed by atoms with van der Waals surface area (Å²) in [5.74, 6) is 0.609. The van der Waals surface area contributed by atoms with Crippen LogP contribution in [0, 0.1) is 5.92 Å². The maximum Gasteiger partial charge on any atom is 0.240 e. The molecule has 0 aliphatic rings. The number of hydrogen-bond acceptors (Lipinski definition) is 2. The monoisotopic (exact) mass is 309 g/mol. The van der Waals surface area contributed by atoms with Crippen LogP contribution in [0.25, 0.3) is 0 Å². The van der Waals surface area contributed by atoms with Crippen molar-refractivity contribution in [2.45, 2.75) is 31.2 Å². The van der Waals surface area contributed by atoms with Gasteiger partial charge in [0.15, 0.2) is 0 Å². The molecule has 0 spiro atoms. The van der Waals surface area contributed by atoms with E-state index in [2.05, 4.69) is 4.72 Å². The molecule has 0 radical (unpaired) electrons. The van der Waals surface area contributed by atoms with Crippen LogP contribution in [0.4, 0.5) is 0 Å². The van der Waals surface area contributed by atoms with Crippen LogP contribution >= 0.6 is 23.2 Å². The minimum atomic E-state index is -3.51. The first-order chi connectivity index (χ1) is 8.36. The zero-order valence-corrected chi connectivity index (χ0v) is 12.7. The third-order valence-corrected chi connectivity index (χ3v) is 4.63. The van der Waals surface area contributed by atoms with Gasteiger partial charge in [-0.3, -0.25) is 0 Å². The molecule has 0 heterocycles. The van der Waals surface area contributed by atoms with Gasteiger partial charge in [-0.2, -0.15) is 0 Å². The molecule has 1 N–H and O–H groups in total. The summed E-state index contributed by atoms with van der Waals surface area (Å²) in [6.07, 6.45) is 0.603. The first-order valence-corrected chi connectivity index (χ1v) is 8.10. The minimum absolute atomic E-state index is 0.164. The second-order valence-corrected chi connectivity index (χ2v) is 6.93. The fraction of sp³-hybridized carbons (Fsp3) is 0.500. The standard InChI is InChI=1S/C12H17Cl2NO2S/c1-9(2)12(7-8-13)15-18(16,17)11-5-3-10(14)4-6-11/h3-6,9,12,15H,7-8H2,1-2H3. The molecule has 0 aromatic heterocycles. The van der Waals surface area contributed by atoms with E-state index in [0.717, 1.165) is 0 Å². The second kappa shape index (κ2) is 6.75. The fourth-order valence-corrected chi connectivity index (χ4v) is 3.31. The van der Waals surface area contributed by atoms with Crippen molar-refractivity contribution in [1.82, 2.24) is 4.72 Å². The number of hydrogen-bond donors (Lipinski definition) is 1. The number of sulfonamides is 1. The first-order valence-electron chi connectivity index (χ1n) is 5.70. The SMILES string of the molecule is CC(C)C(CCCl)NS(=O)(=O)c1ccc(Cl)cc1. The Bertz CT molecular complexity index is 471. The van der Waals surface area contributed by atoms with Crippen molar-refractivity contribution in [3.05, 3.63) is 29.3 Å². The van der Waals surface area contributed by atoms with Crippen LogP contribution in [0.5, 0.6) is 0 Å². The summed E-state index contributed by atoms with van der Waals surface area (Å²) in [5, 5.41) is 0.509. The van der Waals surface area contributed by atoms with Crippen molar-refractivity contribution in [3.8, 4) is 0 Å². The van der Waals surface area contributed by atoms with Crippen LogP contribution < -0.4 is 4.72 Å². The highest BCUT2D eigenvalue weighted by Crippen LogP contribution is 2.16. The van der Waals surface area contributed by atoms with E-state index in [9.17, 15) is 8.42 Å². The molecule has 1 aromatic carbocycles. The van der Waals surface area contributed by atoms with Gasteiger partial charge in [0.25, 0.3) is 0 Å². The maximum atomic E-state index is 12.1. The van der Waals surface area contributed by atoms with E-state index in [1.807, 2.05) is 13.8 Å². The summed E-state index contributed by atoms with van der Waals surface area (Å²) in [4.78, 5) is 0.215. The number of rotatable bonds is 6. The highest BCUT2D eigenvalue weighted by atomic mass is 35.5. The van der Waals surface area contributed by atoms with Gasteiger partial charge in [-0.1, -0.05) is 25.4 Å². The molecule has 102 valence electrons. The third-order valence-electron chi connectivity index (χ3n) is 2.66. The molecule has 0 aliphatic heterocycles. The first kappa shape index (κ1) is 15.8. The summed E-state index contributed by atoms with van der Waals surface area (Å²) < 4.78 is 26.9. The fourth-order valence-electron chi connectivity index (χ4n) is 1.53. The molecule has 0 saturated carbocycles. The zero-order valence-electron chi connectivity index (χ0n) is 10.4. The lowest BCUT2D eigenvalue weighted by molar-refractivity contribution is 0.439. The Labute approximate surface area is 119 Å². The lowest BCUT2D eigenvalue weighted by Crippen LogP contribution is -2.38. The molecular formula is C12H17Cl2NO2S. The Morgan fingerprint density at radius 2 is 1.78 bits per heavy atom. The van der Waals surface area contributed by atoms with E-state index in [1.165, 1.54) is 12.1 Å². The summed E-state index contributed by atoms with van der Waals surface area (Å²) in [5.41, 5.74) is 0. The van der Waals surface area contributed by atoms with Crippen molar-refractivity contribution in [3.63, 3.8) is 0 Å². The van der Waals surface area contributed by atoms with Crippen molar-refractivity contribution in [2.75, 3.05) is 5.88 Å². The van der Waals surface area contributed by atoms with Gasteiger partial charge in [0, 0.05) is 16.9 Å². The van der Waals surface area contributed by atoms with E-state index in [4.69, 9.17) is 23.2 Å². The van der Waals surface area contributed by atoms with Gasteiger partial charge in [-0.05, 0) is 36.6 Å². The lowest BCUT2D eigenvalue weighted by atomic mass is 10.0. The molecule has 1 atom stereocenters. The van der Waals surface area contributed by atoms with E-state index in [0.29, 0.717) is 17.3 Å². The summed E-state index contributed by atoms with van der Waals surface area (Å²) >= 11 is 11.4. The predicted molar refractivity (Wildman–Crippen MR) is 75.7 cm³/mol. The van der Waals surface area contributed by atoms with Crippen molar-refractivity contribution < 1.29 is 8.42 Å². The topological polar surface area (TPSA) is 46.2 Å². The molecule has 0 bridgehead atoms. The van der Waals surface area contributed by atoms with Crippen LogP contribution in [0.15, 0.2) is 29.2 Å². The van der Waals surface area contributed by atoms with Crippen LogP contribution in [-0.2, 0) is 10.0 Å². The van der Waals surface area contributed by atoms with E-state index < -0.39 is 10.0 Å². The molecule has 3 nitrogen and oxygen atoms in total. The molecule has 1 unspecified atom stereocenters. The molecule has 1 rings (SSSR count). The smallest absolute Gasteiger partial charge is 0.208 e. The molecule has 18 heavy (non-hydrogen) atoms. The predicted octanol–water partition coefficient (Wildman–Crippen LogP) is 3.27. The van der Waals surface area contributed by atoms with Gasteiger partial charge < -0.3 is 0 Å².